The summed E-state index contributed by atoms with van der Waals surface area (Å²) in [6.07, 6.45) is 0. The van der Waals surface area contributed by atoms with Crippen LogP contribution in [0.25, 0.3) is 0 Å². The van der Waals surface area contributed by atoms with Crippen LogP contribution in [0.2, 0.25) is 0 Å². The highest BCUT2D eigenvalue weighted by atomic mass is 32.2. The monoisotopic (exact) mass is 157 g/mol. The Hall–Kier alpha value is 0.930. The first kappa shape index (κ1) is 6.06. The fourth-order valence-corrected chi connectivity index (χ4v) is 0.712. The molecular formula is CH3NO2S3. The molecule has 7 heavy (non-hydrogen) atoms. The van der Waals surface area contributed by atoms with Crippen molar-refractivity contribution in [1.29, 1.82) is 0 Å². The Morgan fingerprint density at radius 3 is 2.14 bits per heavy atom. The molecule has 1 N–H and O–H groups in total. The van der Waals surface area contributed by atoms with Crippen molar-refractivity contribution >= 4 is 37.7 Å². The van der Waals surface area contributed by atoms with Crippen LogP contribution in [-0.2, 0) is 4.18 Å². The summed E-state index contributed by atoms with van der Waals surface area (Å²) in [6.45, 7) is 0. The number of aliphatic hydroxyl groups is 1. The lowest BCUT2D eigenvalue weighted by Crippen LogP contribution is -2.18. The molecule has 42 valence electrons. The average molecular weight is 157 g/mol. The van der Waals surface area contributed by atoms with Crippen LogP contribution in [0.5, 0.6) is 0 Å². The fourth-order valence-electron chi connectivity index (χ4n) is 0.104. The first-order valence-electron chi connectivity index (χ1n) is 1.42. The van der Waals surface area contributed by atoms with Gasteiger partial charge in [-0.3, -0.25) is 0 Å². The molecule has 0 aliphatic carbocycles. The number of hydrogen-bond donors (Lipinski definition) is 3. The normalized spacial score (nSPS) is 39.4. The van der Waals surface area contributed by atoms with Crippen LogP contribution < -0.4 is 0 Å². The van der Waals surface area contributed by atoms with Gasteiger partial charge in [-0.1, -0.05) is 25.6 Å². The molecule has 0 aromatic carbocycles. The van der Waals surface area contributed by atoms with E-state index in [4.69, 9.17) is 5.11 Å². The maximum Gasteiger partial charge on any atom is 0.335 e. The third-order valence-corrected chi connectivity index (χ3v) is 1.95. The second kappa shape index (κ2) is 1.71. The molecule has 1 fully saturated rings. The van der Waals surface area contributed by atoms with Crippen molar-refractivity contribution in [3.05, 3.63) is 0 Å². The van der Waals surface area contributed by atoms with Gasteiger partial charge in [0.25, 0.3) is 0 Å². The molecule has 0 amide bonds. The summed E-state index contributed by atoms with van der Waals surface area (Å²) in [4.78, 5) is 0. The topological polar surface area (TPSA) is 36.0 Å². The zero-order valence-corrected chi connectivity index (χ0v) is 5.71. The summed E-state index contributed by atoms with van der Waals surface area (Å²) in [7, 11) is 0. The standard InChI is InChI=1S/CH3NO2S3/c3-1(2(5)6)4-7-1/h3,5-6H. The molecule has 0 saturated carbocycles. The summed E-state index contributed by atoms with van der Waals surface area (Å²) >= 11 is 8.19. The SMILES string of the molecule is OC1(N(S)S)OS1. The Kier molecular flexibility index (Phi) is 1.48. The first-order chi connectivity index (χ1) is 3.15. The first-order valence-corrected chi connectivity index (χ1v) is 2.96. The zero-order chi connectivity index (χ0) is 5.49. The lowest BCUT2D eigenvalue weighted by atomic mass is 11.2. The zero-order valence-electron chi connectivity index (χ0n) is 3.11. The third kappa shape index (κ3) is 1.18. The lowest BCUT2D eigenvalue weighted by molar-refractivity contribution is -0.00966. The van der Waals surface area contributed by atoms with E-state index in [1.54, 1.807) is 0 Å². The second-order valence-electron chi connectivity index (χ2n) is 1.00. The van der Waals surface area contributed by atoms with Gasteiger partial charge in [0.1, 0.15) is 0 Å². The van der Waals surface area contributed by atoms with E-state index in [2.05, 4.69) is 29.8 Å². The van der Waals surface area contributed by atoms with E-state index in [1.165, 1.54) is 0 Å². The summed E-state index contributed by atoms with van der Waals surface area (Å²) < 4.78 is 5.39. The number of rotatable bonds is 1. The molecular weight excluding hydrogens is 154 g/mol. The van der Waals surface area contributed by atoms with Crippen LogP contribution >= 0.6 is 37.7 Å². The predicted molar refractivity (Wildman–Crippen MR) is 33.4 cm³/mol. The average Bonchev–Trinajstić information content (AvgIpc) is 2.21. The molecule has 6 heteroatoms. The van der Waals surface area contributed by atoms with E-state index in [0.717, 1.165) is 15.8 Å². The summed E-state index contributed by atoms with van der Waals surface area (Å²) in [5.41, 5.74) is 0. The van der Waals surface area contributed by atoms with Gasteiger partial charge in [-0.2, -0.15) is 0 Å². The van der Waals surface area contributed by atoms with Crippen LogP contribution in [-0.4, -0.2) is 14.1 Å². The Bertz CT molecular complexity index is 81.0. The summed E-state index contributed by atoms with van der Waals surface area (Å²) in [5.74, 6) is 0. The maximum absolute atomic E-state index is 8.72. The molecule has 0 bridgehead atoms. The van der Waals surface area contributed by atoms with Gasteiger partial charge < -0.3 is 5.11 Å². The lowest BCUT2D eigenvalue weighted by Gasteiger charge is -2.05. The fraction of sp³-hybridized carbons (Fsp3) is 1.00. The highest BCUT2D eigenvalue weighted by Gasteiger charge is 2.50. The molecule has 1 heterocycles. The van der Waals surface area contributed by atoms with Gasteiger partial charge >= 0.3 is 5.24 Å². The summed E-state index contributed by atoms with van der Waals surface area (Å²) in [6, 6.07) is 0. The molecule has 1 aliphatic rings. The molecule has 1 aliphatic heterocycles. The molecule has 3 nitrogen and oxygen atoms in total. The minimum Gasteiger partial charge on any atom is -0.341 e. The minimum absolute atomic E-state index is 0.907. The number of nitrogens with zero attached hydrogens (tertiary/aromatic N) is 1. The highest BCUT2D eigenvalue weighted by Crippen LogP contribution is 2.48. The number of hydrogen-bond acceptors (Lipinski definition) is 6. The smallest absolute Gasteiger partial charge is 0.335 e. The quantitative estimate of drug-likeness (QED) is 0.221. The van der Waals surface area contributed by atoms with E-state index in [-0.39, 0.29) is 0 Å². The van der Waals surface area contributed by atoms with Gasteiger partial charge in [0.2, 0.25) is 0 Å². The van der Waals surface area contributed by atoms with Gasteiger partial charge in [-0.25, -0.2) is 4.18 Å². The van der Waals surface area contributed by atoms with Crippen molar-refractivity contribution < 1.29 is 9.29 Å². The van der Waals surface area contributed by atoms with E-state index >= 15 is 0 Å². The van der Waals surface area contributed by atoms with Crippen LogP contribution in [0.4, 0.5) is 0 Å². The van der Waals surface area contributed by atoms with Gasteiger partial charge in [-0.05, 0) is 0 Å². The third-order valence-electron chi connectivity index (χ3n) is 0.485. The minimum atomic E-state index is -1.27. The predicted octanol–water partition coefficient (Wildman–Crippen LogP) is 0.260. The van der Waals surface area contributed by atoms with E-state index < -0.39 is 5.24 Å². The van der Waals surface area contributed by atoms with Crippen LogP contribution in [0.1, 0.15) is 0 Å². The van der Waals surface area contributed by atoms with Crippen LogP contribution in [0.15, 0.2) is 0 Å². The van der Waals surface area contributed by atoms with Crippen molar-refractivity contribution in [2.24, 2.45) is 0 Å². The second-order valence-corrected chi connectivity index (χ2v) is 2.99. The Morgan fingerprint density at radius 2 is 2.14 bits per heavy atom. The van der Waals surface area contributed by atoms with Crippen molar-refractivity contribution in [2.45, 2.75) is 5.24 Å². The van der Waals surface area contributed by atoms with E-state index in [1.807, 2.05) is 0 Å². The Balaban J connectivity index is 2.39. The van der Waals surface area contributed by atoms with Crippen LogP contribution in [0, 0.1) is 0 Å². The van der Waals surface area contributed by atoms with Crippen molar-refractivity contribution in [1.82, 2.24) is 3.71 Å². The Labute approximate surface area is 56.3 Å². The van der Waals surface area contributed by atoms with Gasteiger partial charge in [-0.15, -0.1) is 3.71 Å². The molecule has 1 atom stereocenters. The molecule has 1 saturated heterocycles. The molecule has 0 aromatic rings. The van der Waals surface area contributed by atoms with Crippen molar-refractivity contribution in [3.8, 4) is 0 Å². The van der Waals surface area contributed by atoms with Gasteiger partial charge in [0, 0.05) is 0 Å². The molecule has 0 spiro atoms. The van der Waals surface area contributed by atoms with Crippen molar-refractivity contribution in [2.75, 3.05) is 0 Å². The molecule has 0 aromatic heterocycles. The molecule has 1 unspecified atom stereocenters. The van der Waals surface area contributed by atoms with Gasteiger partial charge in [0.15, 0.2) is 0 Å². The van der Waals surface area contributed by atoms with E-state index in [0.29, 0.717) is 0 Å². The highest BCUT2D eigenvalue weighted by molar-refractivity contribution is 8.03. The van der Waals surface area contributed by atoms with Gasteiger partial charge in [0.05, 0.1) is 12.0 Å². The largest absolute Gasteiger partial charge is 0.341 e. The maximum atomic E-state index is 8.72. The Morgan fingerprint density at radius 1 is 1.71 bits per heavy atom. The van der Waals surface area contributed by atoms with E-state index in [9.17, 15) is 0 Å². The summed E-state index contributed by atoms with van der Waals surface area (Å²) in [5, 5.41) is 7.45. The molecule has 1 rings (SSSR count). The van der Waals surface area contributed by atoms with Crippen molar-refractivity contribution in [3.63, 3.8) is 0 Å². The number of thiol groups is 2. The molecule has 0 radical (unpaired) electrons. The van der Waals surface area contributed by atoms with Crippen LogP contribution in [0.3, 0.4) is 0 Å².